The molecule has 2 nitrogen and oxygen atoms in total. The Balaban J connectivity index is 2.20. The molecule has 1 aliphatic rings. The molecular formula is C14H19NO. The molecule has 1 aromatic carbocycles. The first-order chi connectivity index (χ1) is 7.70. The van der Waals surface area contributed by atoms with Gasteiger partial charge in [-0.15, -0.1) is 0 Å². The molecule has 1 aliphatic heterocycles. The van der Waals surface area contributed by atoms with Crippen molar-refractivity contribution in [3.63, 3.8) is 0 Å². The molecule has 1 aromatic rings. The van der Waals surface area contributed by atoms with Crippen LogP contribution in [0.5, 0.6) is 0 Å². The van der Waals surface area contributed by atoms with Crippen molar-refractivity contribution in [2.24, 2.45) is 0 Å². The number of carbonyl (C=O) groups is 1. The topological polar surface area (TPSA) is 20.3 Å². The minimum Gasteiger partial charge on any atom is -0.333 e. The fraction of sp³-hybridized carbons (Fsp3) is 0.500. The quantitative estimate of drug-likeness (QED) is 0.708. The second kappa shape index (κ2) is 4.69. The molecule has 0 aromatic heterocycles. The van der Waals surface area contributed by atoms with Crippen molar-refractivity contribution in [1.29, 1.82) is 0 Å². The van der Waals surface area contributed by atoms with Crippen molar-refractivity contribution >= 4 is 5.91 Å². The van der Waals surface area contributed by atoms with Crippen LogP contribution in [0.4, 0.5) is 0 Å². The number of amides is 1. The molecule has 86 valence electrons. The summed E-state index contributed by atoms with van der Waals surface area (Å²) in [7, 11) is 0. The highest BCUT2D eigenvalue weighted by Gasteiger charge is 2.29. The molecule has 0 spiro atoms. The number of nitrogens with zero attached hydrogens (tertiary/aromatic N) is 1. The summed E-state index contributed by atoms with van der Waals surface area (Å²) in [5.74, 6) is 0.181. The second-order valence-electron chi connectivity index (χ2n) is 4.71. The Hall–Kier alpha value is -1.31. The summed E-state index contributed by atoms with van der Waals surface area (Å²) in [4.78, 5) is 14.4. The maximum Gasteiger partial charge on any atom is 0.254 e. The van der Waals surface area contributed by atoms with E-state index in [0.717, 1.165) is 18.4 Å². The van der Waals surface area contributed by atoms with Crippen LogP contribution in [0, 0.1) is 0 Å². The summed E-state index contributed by atoms with van der Waals surface area (Å²) in [6.45, 7) is 4.30. The predicted octanol–water partition coefficient (Wildman–Crippen LogP) is 3.09. The zero-order valence-corrected chi connectivity index (χ0v) is 10.0. The number of hydrogen-bond acceptors (Lipinski definition) is 1. The van der Waals surface area contributed by atoms with Crippen LogP contribution in [0.3, 0.4) is 0 Å². The molecule has 2 rings (SSSR count). The first kappa shape index (κ1) is 11.2. The first-order valence-corrected chi connectivity index (χ1v) is 6.08. The van der Waals surface area contributed by atoms with Crippen LogP contribution in [0.2, 0.25) is 0 Å². The molecule has 0 radical (unpaired) electrons. The van der Waals surface area contributed by atoms with Gasteiger partial charge in [-0.2, -0.15) is 0 Å². The average molecular weight is 217 g/mol. The Labute approximate surface area is 97.3 Å². The van der Waals surface area contributed by atoms with Crippen LogP contribution in [0.15, 0.2) is 30.3 Å². The number of hydrogen-bond donors (Lipinski definition) is 0. The molecule has 1 saturated heterocycles. The van der Waals surface area contributed by atoms with Gasteiger partial charge in [0.1, 0.15) is 0 Å². The van der Waals surface area contributed by atoms with E-state index in [1.54, 1.807) is 0 Å². The highest BCUT2D eigenvalue weighted by atomic mass is 16.2. The Bertz CT molecular complexity index is 350. The lowest BCUT2D eigenvalue weighted by molar-refractivity contribution is 0.0511. The van der Waals surface area contributed by atoms with Crippen molar-refractivity contribution in [2.75, 3.05) is 0 Å². The van der Waals surface area contributed by atoms with E-state index in [4.69, 9.17) is 0 Å². The molecule has 0 aliphatic carbocycles. The third kappa shape index (κ3) is 2.11. The average Bonchev–Trinajstić information content (AvgIpc) is 2.30. The number of likely N-dealkylation sites (tertiary alicyclic amines) is 1. The largest absolute Gasteiger partial charge is 0.333 e. The van der Waals surface area contributed by atoms with Crippen LogP contribution in [-0.4, -0.2) is 22.9 Å². The normalized spacial score (nSPS) is 25.5. The van der Waals surface area contributed by atoms with Crippen molar-refractivity contribution in [2.45, 2.75) is 45.2 Å². The SMILES string of the molecule is C[C@H]1CCC[C@H](C)N1C(=O)c1ccccc1. The van der Waals surface area contributed by atoms with Gasteiger partial charge in [0, 0.05) is 17.6 Å². The van der Waals surface area contributed by atoms with Gasteiger partial charge in [0.15, 0.2) is 0 Å². The van der Waals surface area contributed by atoms with Gasteiger partial charge >= 0.3 is 0 Å². The van der Waals surface area contributed by atoms with Crippen LogP contribution in [-0.2, 0) is 0 Å². The van der Waals surface area contributed by atoms with Crippen molar-refractivity contribution in [3.8, 4) is 0 Å². The molecule has 0 bridgehead atoms. The minimum absolute atomic E-state index is 0.181. The lowest BCUT2D eigenvalue weighted by Gasteiger charge is -2.39. The third-order valence-electron chi connectivity index (χ3n) is 3.45. The van der Waals surface area contributed by atoms with Crippen molar-refractivity contribution in [3.05, 3.63) is 35.9 Å². The Morgan fingerprint density at radius 3 is 2.25 bits per heavy atom. The van der Waals surface area contributed by atoms with Gasteiger partial charge < -0.3 is 4.90 Å². The molecule has 0 saturated carbocycles. The molecule has 1 amide bonds. The summed E-state index contributed by atoms with van der Waals surface area (Å²) in [5.41, 5.74) is 0.808. The van der Waals surface area contributed by atoms with E-state index in [0.29, 0.717) is 12.1 Å². The van der Waals surface area contributed by atoms with Gasteiger partial charge in [-0.05, 0) is 45.2 Å². The van der Waals surface area contributed by atoms with Gasteiger partial charge in [-0.1, -0.05) is 18.2 Å². The van der Waals surface area contributed by atoms with Gasteiger partial charge in [-0.3, -0.25) is 4.79 Å². The summed E-state index contributed by atoms with van der Waals surface area (Å²) < 4.78 is 0. The molecule has 0 N–H and O–H groups in total. The van der Waals surface area contributed by atoms with E-state index in [2.05, 4.69) is 13.8 Å². The van der Waals surface area contributed by atoms with Gasteiger partial charge in [0.25, 0.3) is 5.91 Å². The number of rotatable bonds is 1. The van der Waals surface area contributed by atoms with Crippen LogP contribution in [0.1, 0.15) is 43.5 Å². The maximum absolute atomic E-state index is 12.3. The van der Waals surface area contributed by atoms with E-state index in [1.165, 1.54) is 6.42 Å². The second-order valence-corrected chi connectivity index (χ2v) is 4.71. The maximum atomic E-state index is 12.3. The molecule has 16 heavy (non-hydrogen) atoms. The fourth-order valence-corrected chi connectivity index (χ4v) is 2.55. The molecule has 2 heteroatoms. The first-order valence-electron chi connectivity index (χ1n) is 6.08. The summed E-state index contributed by atoms with van der Waals surface area (Å²) in [5, 5.41) is 0. The number of benzene rings is 1. The molecule has 1 heterocycles. The van der Waals surface area contributed by atoms with E-state index >= 15 is 0 Å². The summed E-state index contributed by atoms with van der Waals surface area (Å²) >= 11 is 0. The minimum atomic E-state index is 0.181. The highest BCUT2D eigenvalue weighted by molar-refractivity contribution is 5.94. The summed E-state index contributed by atoms with van der Waals surface area (Å²) in [6.07, 6.45) is 3.49. The smallest absolute Gasteiger partial charge is 0.254 e. The monoisotopic (exact) mass is 217 g/mol. The van der Waals surface area contributed by atoms with Crippen LogP contribution in [0.25, 0.3) is 0 Å². The molecule has 2 atom stereocenters. The zero-order chi connectivity index (χ0) is 11.5. The van der Waals surface area contributed by atoms with E-state index in [-0.39, 0.29) is 5.91 Å². The van der Waals surface area contributed by atoms with Crippen LogP contribution < -0.4 is 0 Å². The van der Waals surface area contributed by atoms with Gasteiger partial charge in [0.2, 0.25) is 0 Å². The van der Waals surface area contributed by atoms with Gasteiger partial charge in [0.05, 0.1) is 0 Å². The van der Waals surface area contributed by atoms with Crippen LogP contribution >= 0.6 is 0 Å². The highest BCUT2D eigenvalue weighted by Crippen LogP contribution is 2.24. The predicted molar refractivity (Wildman–Crippen MR) is 65.4 cm³/mol. The Morgan fingerprint density at radius 1 is 1.12 bits per heavy atom. The van der Waals surface area contributed by atoms with E-state index in [9.17, 15) is 4.79 Å². The lowest BCUT2D eigenvalue weighted by Crippen LogP contribution is -2.47. The fourth-order valence-electron chi connectivity index (χ4n) is 2.55. The molecule has 1 fully saturated rings. The van der Waals surface area contributed by atoms with Gasteiger partial charge in [-0.25, -0.2) is 0 Å². The molecular weight excluding hydrogens is 198 g/mol. The van der Waals surface area contributed by atoms with Crippen molar-refractivity contribution < 1.29 is 4.79 Å². The Kier molecular flexibility index (Phi) is 3.28. The number of piperidine rings is 1. The van der Waals surface area contributed by atoms with E-state index < -0.39 is 0 Å². The Morgan fingerprint density at radius 2 is 1.69 bits per heavy atom. The number of carbonyl (C=O) groups excluding carboxylic acids is 1. The molecule has 0 unspecified atom stereocenters. The standard InChI is InChI=1S/C14H19NO/c1-11-7-6-8-12(2)15(11)14(16)13-9-4-3-5-10-13/h3-5,9-12H,6-8H2,1-2H3/t11-,12-/m0/s1. The van der Waals surface area contributed by atoms with E-state index in [1.807, 2.05) is 35.2 Å². The summed E-state index contributed by atoms with van der Waals surface area (Å²) in [6, 6.07) is 10.3. The lowest BCUT2D eigenvalue weighted by atomic mass is 9.96. The zero-order valence-electron chi connectivity index (χ0n) is 10.0. The van der Waals surface area contributed by atoms with Crippen molar-refractivity contribution in [1.82, 2.24) is 4.90 Å². The third-order valence-corrected chi connectivity index (χ3v) is 3.45.